The molecule has 1 aliphatic heterocycles. The SMILES string of the molecule is CC(C)C(=O)N1CCC1(C)C(=O)Nc1cc(-c2ccccc2)nn1C. The van der Waals surface area contributed by atoms with Gasteiger partial charge in [0.1, 0.15) is 11.4 Å². The van der Waals surface area contributed by atoms with Crippen molar-refractivity contribution in [2.45, 2.75) is 32.7 Å². The highest BCUT2D eigenvalue weighted by atomic mass is 16.2. The molecule has 1 unspecified atom stereocenters. The summed E-state index contributed by atoms with van der Waals surface area (Å²) in [4.78, 5) is 26.8. The first-order valence-corrected chi connectivity index (χ1v) is 8.55. The van der Waals surface area contributed by atoms with Crippen molar-refractivity contribution in [1.29, 1.82) is 0 Å². The van der Waals surface area contributed by atoms with E-state index in [1.807, 2.05) is 57.2 Å². The fraction of sp³-hybridized carbons (Fsp3) is 0.421. The summed E-state index contributed by atoms with van der Waals surface area (Å²) < 4.78 is 1.65. The third-order valence-corrected chi connectivity index (χ3v) is 4.86. The Balaban J connectivity index is 1.78. The largest absolute Gasteiger partial charge is 0.328 e. The number of hydrogen-bond donors (Lipinski definition) is 1. The molecule has 1 aliphatic rings. The molecule has 3 rings (SSSR count). The van der Waals surface area contributed by atoms with Gasteiger partial charge in [-0.2, -0.15) is 5.10 Å². The minimum Gasteiger partial charge on any atom is -0.328 e. The van der Waals surface area contributed by atoms with E-state index in [2.05, 4.69) is 10.4 Å². The molecule has 1 aromatic carbocycles. The zero-order valence-electron chi connectivity index (χ0n) is 15.1. The molecule has 25 heavy (non-hydrogen) atoms. The molecule has 0 saturated carbocycles. The highest BCUT2D eigenvalue weighted by Crippen LogP contribution is 2.33. The maximum atomic E-state index is 12.8. The zero-order valence-corrected chi connectivity index (χ0v) is 15.1. The van der Waals surface area contributed by atoms with Crippen LogP contribution in [0.25, 0.3) is 11.3 Å². The first-order chi connectivity index (χ1) is 11.8. The molecule has 132 valence electrons. The van der Waals surface area contributed by atoms with Crippen LogP contribution in [0.15, 0.2) is 36.4 Å². The van der Waals surface area contributed by atoms with Crippen LogP contribution < -0.4 is 5.32 Å². The van der Waals surface area contributed by atoms with E-state index in [0.717, 1.165) is 11.3 Å². The number of anilines is 1. The second-order valence-corrected chi connectivity index (χ2v) is 7.03. The van der Waals surface area contributed by atoms with Gasteiger partial charge in [-0.3, -0.25) is 14.3 Å². The number of aryl methyl sites for hydroxylation is 1. The van der Waals surface area contributed by atoms with Gasteiger partial charge >= 0.3 is 0 Å². The summed E-state index contributed by atoms with van der Waals surface area (Å²) in [6.07, 6.45) is 0.667. The Bertz CT molecular complexity index is 797. The number of likely N-dealkylation sites (tertiary alicyclic amines) is 1. The lowest BCUT2D eigenvalue weighted by molar-refractivity contribution is -0.157. The van der Waals surface area contributed by atoms with E-state index in [9.17, 15) is 9.59 Å². The summed E-state index contributed by atoms with van der Waals surface area (Å²) in [6.45, 7) is 6.15. The van der Waals surface area contributed by atoms with Gasteiger partial charge in [-0.1, -0.05) is 44.2 Å². The number of carbonyl (C=O) groups is 2. The van der Waals surface area contributed by atoms with Crippen LogP contribution in [0, 0.1) is 5.92 Å². The Kier molecular flexibility index (Phi) is 4.37. The highest BCUT2D eigenvalue weighted by Gasteiger charge is 2.49. The predicted octanol–water partition coefficient (Wildman–Crippen LogP) is 2.67. The third-order valence-electron chi connectivity index (χ3n) is 4.86. The van der Waals surface area contributed by atoms with Crippen LogP contribution in [0.3, 0.4) is 0 Å². The Morgan fingerprint density at radius 3 is 2.48 bits per heavy atom. The van der Waals surface area contributed by atoms with Crippen LogP contribution in [0.1, 0.15) is 27.2 Å². The minimum absolute atomic E-state index is 0.0129. The molecule has 0 bridgehead atoms. The first-order valence-electron chi connectivity index (χ1n) is 8.55. The fourth-order valence-electron chi connectivity index (χ4n) is 3.05. The molecule has 1 N–H and O–H groups in total. The van der Waals surface area contributed by atoms with Crippen LogP contribution in [0.5, 0.6) is 0 Å². The molecule has 2 aromatic rings. The summed E-state index contributed by atoms with van der Waals surface area (Å²) in [6, 6.07) is 11.7. The Hall–Kier alpha value is -2.63. The number of rotatable bonds is 4. The Morgan fingerprint density at radius 2 is 1.92 bits per heavy atom. The van der Waals surface area contributed by atoms with Gasteiger partial charge in [-0.15, -0.1) is 0 Å². The zero-order chi connectivity index (χ0) is 18.2. The van der Waals surface area contributed by atoms with Gasteiger partial charge < -0.3 is 10.2 Å². The molecule has 6 heteroatoms. The van der Waals surface area contributed by atoms with E-state index in [1.54, 1.807) is 16.6 Å². The van der Waals surface area contributed by atoms with E-state index < -0.39 is 5.54 Å². The topological polar surface area (TPSA) is 67.2 Å². The van der Waals surface area contributed by atoms with Gasteiger partial charge in [0.05, 0.1) is 5.69 Å². The summed E-state index contributed by atoms with van der Waals surface area (Å²) in [5, 5.41) is 7.40. The first kappa shape index (κ1) is 17.2. The maximum absolute atomic E-state index is 12.8. The smallest absolute Gasteiger partial charge is 0.251 e. The van der Waals surface area contributed by atoms with Gasteiger partial charge in [-0.05, 0) is 13.3 Å². The summed E-state index contributed by atoms with van der Waals surface area (Å²) in [5.74, 6) is 0.344. The lowest BCUT2D eigenvalue weighted by atomic mass is 9.84. The summed E-state index contributed by atoms with van der Waals surface area (Å²) >= 11 is 0. The molecular weight excluding hydrogens is 316 g/mol. The summed E-state index contributed by atoms with van der Waals surface area (Å²) in [7, 11) is 1.79. The van der Waals surface area contributed by atoms with Crippen molar-refractivity contribution < 1.29 is 9.59 Å². The molecular formula is C19H24N4O2. The fourth-order valence-corrected chi connectivity index (χ4v) is 3.05. The number of carbonyl (C=O) groups excluding carboxylic acids is 2. The van der Waals surface area contributed by atoms with Gasteiger partial charge in [0.25, 0.3) is 5.91 Å². The maximum Gasteiger partial charge on any atom is 0.251 e. The highest BCUT2D eigenvalue weighted by molar-refractivity contribution is 6.01. The molecule has 1 saturated heterocycles. The monoisotopic (exact) mass is 340 g/mol. The van der Waals surface area contributed by atoms with Crippen molar-refractivity contribution >= 4 is 17.6 Å². The van der Waals surface area contributed by atoms with E-state index in [0.29, 0.717) is 18.8 Å². The third kappa shape index (κ3) is 3.04. The minimum atomic E-state index is -0.793. The van der Waals surface area contributed by atoms with Crippen LogP contribution in [-0.4, -0.2) is 38.6 Å². The normalized spacial score (nSPS) is 19.6. The van der Waals surface area contributed by atoms with Gasteiger partial charge in [-0.25, -0.2) is 0 Å². The Labute approximate surface area is 147 Å². The van der Waals surface area contributed by atoms with Crippen molar-refractivity contribution in [2.24, 2.45) is 13.0 Å². The molecule has 1 aromatic heterocycles. The molecule has 1 atom stereocenters. The average molecular weight is 340 g/mol. The van der Waals surface area contributed by atoms with Gasteiger partial charge in [0, 0.05) is 31.1 Å². The Morgan fingerprint density at radius 1 is 1.24 bits per heavy atom. The standard InChI is InChI=1S/C19H24N4O2/c1-13(2)17(24)23-11-10-19(23,3)18(25)20-16-12-15(21-22(16)4)14-8-6-5-7-9-14/h5-9,12-13H,10-11H2,1-4H3,(H,20,25). The predicted molar refractivity (Wildman–Crippen MR) is 96.8 cm³/mol. The van der Waals surface area contributed by atoms with Crippen molar-refractivity contribution in [3.05, 3.63) is 36.4 Å². The van der Waals surface area contributed by atoms with Crippen molar-refractivity contribution in [1.82, 2.24) is 14.7 Å². The molecule has 0 aliphatic carbocycles. The molecule has 0 spiro atoms. The van der Waals surface area contributed by atoms with Crippen molar-refractivity contribution in [3.63, 3.8) is 0 Å². The second-order valence-electron chi connectivity index (χ2n) is 7.03. The van der Waals surface area contributed by atoms with Crippen LogP contribution in [0.2, 0.25) is 0 Å². The number of nitrogens with one attached hydrogen (secondary N) is 1. The molecule has 1 fully saturated rings. The number of nitrogens with zero attached hydrogens (tertiary/aromatic N) is 3. The lowest BCUT2D eigenvalue weighted by Gasteiger charge is -2.49. The van der Waals surface area contributed by atoms with Crippen LogP contribution in [0.4, 0.5) is 5.82 Å². The average Bonchev–Trinajstić information content (AvgIpc) is 2.94. The van der Waals surface area contributed by atoms with Gasteiger partial charge in [0.2, 0.25) is 5.91 Å². The molecule has 2 amide bonds. The quantitative estimate of drug-likeness (QED) is 0.930. The van der Waals surface area contributed by atoms with E-state index in [-0.39, 0.29) is 17.7 Å². The number of aromatic nitrogens is 2. The van der Waals surface area contributed by atoms with Crippen LogP contribution in [-0.2, 0) is 16.6 Å². The molecule has 0 radical (unpaired) electrons. The number of hydrogen-bond acceptors (Lipinski definition) is 3. The van der Waals surface area contributed by atoms with Crippen molar-refractivity contribution in [2.75, 3.05) is 11.9 Å². The van der Waals surface area contributed by atoms with E-state index in [1.165, 1.54) is 0 Å². The molecule has 2 heterocycles. The van der Waals surface area contributed by atoms with E-state index >= 15 is 0 Å². The summed E-state index contributed by atoms with van der Waals surface area (Å²) in [5.41, 5.74) is 0.996. The number of benzene rings is 1. The second kappa shape index (κ2) is 6.35. The number of amides is 2. The van der Waals surface area contributed by atoms with Gasteiger partial charge in [0.15, 0.2) is 0 Å². The van der Waals surface area contributed by atoms with Crippen molar-refractivity contribution in [3.8, 4) is 11.3 Å². The lowest BCUT2D eigenvalue weighted by Crippen LogP contribution is -2.66. The molecule has 6 nitrogen and oxygen atoms in total. The van der Waals surface area contributed by atoms with Crippen LogP contribution >= 0.6 is 0 Å². The van der Waals surface area contributed by atoms with E-state index in [4.69, 9.17) is 0 Å².